The van der Waals surface area contributed by atoms with Gasteiger partial charge >= 0.3 is 6.18 Å². The number of aromatic nitrogens is 1. The molecular formula is C12H19F3N2S. The van der Waals surface area contributed by atoms with E-state index in [4.69, 9.17) is 0 Å². The van der Waals surface area contributed by atoms with Crippen LogP contribution in [0.5, 0.6) is 0 Å². The Kier molecular flexibility index (Phi) is 4.78. The van der Waals surface area contributed by atoms with E-state index in [1.54, 1.807) is 0 Å². The summed E-state index contributed by atoms with van der Waals surface area (Å²) in [6, 6.07) is 0. The monoisotopic (exact) mass is 280 g/mol. The summed E-state index contributed by atoms with van der Waals surface area (Å²) in [7, 11) is 0. The standard InChI is InChI=1S/C12H19F3N2S/c1-5-6-9-17-10(12(13,14)15)8(18-9)7-16-11(2,3)4/h16H,5-7H2,1-4H3. The number of alkyl halides is 3. The second-order valence-corrected chi connectivity index (χ2v) is 6.40. The normalized spacial score (nSPS) is 13.1. The molecule has 1 rings (SSSR count). The molecule has 1 heterocycles. The lowest BCUT2D eigenvalue weighted by molar-refractivity contribution is -0.141. The van der Waals surface area contributed by atoms with Crippen LogP contribution < -0.4 is 5.32 Å². The summed E-state index contributed by atoms with van der Waals surface area (Å²) in [6.07, 6.45) is -2.96. The van der Waals surface area contributed by atoms with Crippen molar-refractivity contribution in [3.05, 3.63) is 15.6 Å². The molecule has 0 saturated carbocycles. The maximum atomic E-state index is 12.8. The molecule has 0 fully saturated rings. The van der Waals surface area contributed by atoms with Crippen molar-refractivity contribution < 1.29 is 13.2 Å². The Hall–Kier alpha value is -0.620. The fraction of sp³-hybridized carbons (Fsp3) is 0.750. The Morgan fingerprint density at radius 2 is 1.83 bits per heavy atom. The van der Waals surface area contributed by atoms with Gasteiger partial charge in [0.25, 0.3) is 0 Å². The number of rotatable bonds is 4. The molecule has 1 aromatic heterocycles. The maximum absolute atomic E-state index is 12.8. The predicted octanol–water partition coefficient (Wildman–Crippen LogP) is 4.00. The highest BCUT2D eigenvalue weighted by atomic mass is 32.1. The van der Waals surface area contributed by atoms with Crippen LogP contribution in [0.25, 0.3) is 0 Å². The molecular weight excluding hydrogens is 261 g/mol. The van der Waals surface area contributed by atoms with Gasteiger partial charge in [0.15, 0.2) is 5.69 Å². The van der Waals surface area contributed by atoms with E-state index in [0.717, 1.165) is 17.8 Å². The number of aryl methyl sites for hydroxylation is 1. The van der Waals surface area contributed by atoms with Gasteiger partial charge in [0.2, 0.25) is 0 Å². The largest absolute Gasteiger partial charge is 0.434 e. The summed E-state index contributed by atoms with van der Waals surface area (Å²) in [5.74, 6) is 0. The zero-order chi connectivity index (χ0) is 14.0. The zero-order valence-electron chi connectivity index (χ0n) is 11.1. The first-order valence-electron chi connectivity index (χ1n) is 5.94. The molecule has 2 nitrogen and oxygen atoms in total. The van der Waals surface area contributed by atoms with Crippen LogP contribution in [0.15, 0.2) is 0 Å². The van der Waals surface area contributed by atoms with E-state index < -0.39 is 11.9 Å². The van der Waals surface area contributed by atoms with Gasteiger partial charge in [-0.05, 0) is 33.6 Å². The summed E-state index contributed by atoms with van der Waals surface area (Å²) in [5.41, 5.74) is -0.940. The second-order valence-electron chi connectivity index (χ2n) is 5.23. The van der Waals surface area contributed by atoms with Crippen molar-refractivity contribution in [2.75, 3.05) is 0 Å². The van der Waals surface area contributed by atoms with Crippen LogP contribution in [0.2, 0.25) is 0 Å². The van der Waals surface area contributed by atoms with Gasteiger partial charge in [0, 0.05) is 12.1 Å². The maximum Gasteiger partial charge on any atom is 0.434 e. The van der Waals surface area contributed by atoms with Gasteiger partial charge in [-0.25, -0.2) is 4.98 Å². The second kappa shape index (κ2) is 5.57. The minimum Gasteiger partial charge on any atom is -0.307 e. The molecule has 0 aliphatic heterocycles. The number of nitrogens with zero attached hydrogens (tertiary/aromatic N) is 1. The minimum atomic E-state index is -4.36. The van der Waals surface area contributed by atoms with E-state index in [2.05, 4.69) is 10.3 Å². The first-order valence-corrected chi connectivity index (χ1v) is 6.76. The minimum absolute atomic E-state index is 0.208. The van der Waals surface area contributed by atoms with Gasteiger partial charge in [-0.15, -0.1) is 11.3 Å². The zero-order valence-corrected chi connectivity index (χ0v) is 11.9. The summed E-state index contributed by atoms with van der Waals surface area (Å²) < 4.78 is 38.5. The average molecular weight is 280 g/mol. The predicted molar refractivity (Wildman–Crippen MR) is 67.7 cm³/mol. The molecule has 0 aliphatic rings. The van der Waals surface area contributed by atoms with E-state index in [0.29, 0.717) is 11.4 Å². The molecule has 0 unspecified atom stereocenters. The van der Waals surface area contributed by atoms with E-state index in [1.807, 2.05) is 27.7 Å². The van der Waals surface area contributed by atoms with E-state index in [9.17, 15) is 13.2 Å². The summed E-state index contributed by atoms with van der Waals surface area (Å²) in [6.45, 7) is 7.91. The van der Waals surface area contributed by atoms with Crippen LogP contribution in [0.1, 0.15) is 49.7 Å². The van der Waals surface area contributed by atoms with Crippen LogP contribution in [-0.4, -0.2) is 10.5 Å². The highest BCUT2D eigenvalue weighted by Crippen LogP contribution is 2.34. The quantitative estimate of drug-likeness (QED) is 0.901. The van der Waals surface area contributed by atoms with Crippen molar-refractivity contribution in [1.82, 2.24) is 10.3 Å². The number of thiazole rings is 1. The summed E-state index contributed by atoms with van der Waals surface area (Å²) in [4.78, 5) is 4.00. The Balaban J connectivity index is 2.93. The molecule has 104 valence electrons. The van der Waals surface area contributed by atoms with E-state index in [1.165, 1.54) is 0 Å². The number of hydrogen-bond acceptors (Lipinski definition) is 3. The van der Waals surface area contributed by atoms with Crippen LogP contribution in [0.4, 0.5) is 13.2 Å². The Morgan fingerprint density at radius 1 is 1.22 bits per heavy atom. The van der Waals surface area contributed by atoms with Crippen molar-refractivity contribution >= 4 is 11.3 Å². The molecule has 0 radical (unpaired) electrons. The highest BCUT2D eigenvalue weighted by molar-refractivity contribution is 7.11. The van der Waals surface area contributed by atoms with Crippen molar-refractivity contribution in [2.24, 2.45) is 0 Å². The smallest absolute Gasteiger partial charge is 0.307 e. The average Bonchev–Trinajstić information content (AvgIpc) is 2.57. The lowest BCUT2D eigenvalue weighted by Gasteiger charge is -2.20. The van der Waals surface area contributed by atoms with Gasteiger partial charge in [-0.2, -0.15) is 13.2 Å². The van der Waals surface area contributed by atoms with Crippen molar-refractivity contribution in [3.8, 4) is 0 Å². The third-order valence-corrected chi connectivity index (χ3v) is 3.37. The molecule has 0 amide bonds. The molecule has 18 heavy (non-hydrogen) atoms. The molecule has 0 aliphatic carbocycles. The number of nitrogens with one attached hydrogen (secondary N) is 1. The van der Waals surface area contributed by atoms with Crippen molar-refractivity contribution in [1.29, 1.82) is 0 Å². The fourth-order valence-electron chi connectivity index (χ4n) is 1.41. The summed E-state index contributed by atoms with van der Waals surface area (Å²) in [5, 5.41) is 3.64. The van der Waals surface area contributed by atoms with Gasteiger partial charge in [0.1, 0.15) is 0 Å². The fourth-order valence-corrected chi connectivity index (χ4v) is 2.54. The van der Waals surface area contributed by atoms with Gasteiger partial charge in [-0.1, -0.05) is 6.92 Å². The van der Waals surface area contributed by atoms with Gasteiger partial charge in [-0.3, -0.25) is 0 Å². The molecule has 0 bridgehead atoms. The van der Waals surface area contributed by atoms with Gasteiger partial charge < -0.3 is 5.32 Å². The van der Waals surface area contributed by atoms with Crippen molar-refractivity contribution in [2.45, 2.75) is 58.8 Å². The first-order chi connectivity index (χ1) is 8.13. The molecule has 0 aromatic carbocycles. The molecule has 0 saturated heterocycles. The van der Waals surface area contributed by atoms with Crippen LogP contribution in [0.3, 0.4) is 0 Å². The Labute approximate surface area is 110 Å². The van der Waals surface area contributed by atoms with Crippen LogP contribution >= 0.6 is 11.3 Å². The third kappa shape index (κ3) is 4.57. The van der Waals surface area contributed by atoms with Crippen LogP contribution in [-0.2, 0) is 19.1 Å². The Bertz CT molecular complexity index is 391. The van der Waals surface area contributed by atoms with Crippen molar-refractivity contribution in [3.63, 3.8) is 0 Å². The van der Waals surface area contributed by atoms with Gasteiger partial charge in [0.05, 0.1) is 9.88 Å². The van der Waals surface area contributed by atoms with E-state index in [-0.39, 0.29) is 17.0 Å². The SMILES string of the molecule is CCCc1nc(C(F)(F)F)c(CNC(C)(C)C)s1. The topological polar surface area (TPSA) is 24.9 Å². The lowest BCUT2D eigenvalue weighted by Crippen LogP contribution is -2.35. The summed E-state index contributed by atoms with van der Waals surface area (Å²) >= 11 is 1.16. The van der Waals surface area contributed by atoms with E-state index >= 15 is 0 Å². The first kappa shape index (κ1) is 15.4. The lowest BCUT2D eigenvalue weighted by atomic mass is 10.1. The third-order valence-electron chi connectivity index (χ3n) is 2.25. The molecule has 1 N–H and O–H groups in total. The molecule has 1 aromatic rings. The Morgan fingerprint density at radius 3 is 2.28 bits per heavy atom. The molecule has 0 atom stereocenters. The molecule has 6 heteroatoms. The highest BCUT2D eigenvalue weighted by Gasteiger charge is 2.37. The number of hydrogen-bond donors (Lipinski definition) is 1. The van der Waals surface area contributed by atoms with Crippen LogP contribution in [0, 0.1) is 0 Å². The number of halogens is 3. The molecule has 0 spiro atoms.